The number of rotatable bonds is 5. The van der Waals surface area contributed by atoms with Crippen LogP contribution in [-0.4, -0.2) is 18.8 Å². The van der Waals surface area contributed by atoms with Crippen LogP contribution < -0.4 is 14.8 Å². The lowest BCUT2D eigenvalue weighted by molar-refractivity contribution is -0.122. The third-order valence-electron chi connectivity index (χ3n) is 5.31. The first-order valence-corrected chi connectivity index (χ1v) is 9.56. The second kappa shape index (κ2) is 7.89. The molecular weight excluding hydrogens is 354 g/mol. The van der Waals surface area contributed by atoms with E-state index in [1.54, 1.807) is 7.11 Å². The fourth-order valence-corrected chi connectivity index (χ4v) is 3.94. The lowest BCUT2D eigenvalue weighted by Crippen LogP contribution is -2.36. The Labute approximate surface area is 164 Å². The summed E-state index contributed by atoms with van der Waals surface area (Å²) in [7, 11) is 1.60. The Hall–Kier alpha value is -3.08. The quantitative estimate of drug-likeness (QED) is 0.859. The Morgan fingerprint density at radius 2 is 1.86 bits per heavy atom. The second-order valence-corrected chi connectivity index (χ2v) is 7.16. The maximum absolute atomic E-state index is 12.5. The zero-order valence-electron chi connectivity index (χ0n) is 15.9. The van der Waals surface area contributed by atoms with Crippen LogP contribution in [-0.2, 0) is 16.2 Å². The zero-order valence-corrected chi connectivity index (χ0v) is 15.9. The molecule has 5 nitrogen and oxygen atoms in total. The van der Waals surface area contributed by atoms with E-state index in [-0.39, 0.29) is 24.0 Å². The number of carbonyl (C=O) groups excluding carboxylic acids is 2. The van der Waals surface area contributed by atoms with E-state index < -0.39 is 0 Å². The maximum atomic E-state index is 12.5. The summed E-state index contributed by atoms with van der Waals surface area (Å²) >= 11 is 0. The number of benzene rings is 2. The molecule has 1 amide bonds. The molecule has 144 valence electrons. The molecule has 0 saturated carbocycles. The van der Waals surface area contributed by atoms with Crippen LogP contribution in [0, 0.1) is 0 Å². The van der Waals surface area contributed by atoms with Crippen molar-refractivity contribution in [2.45, 2.75) is 38.2 Å². The van der Waals surface area contributed by atoms with E-state index in [1.807, 2.05) is 48.5 Å². The molecule has 4 rings (SSSR count). The molecule has 0 aromatic heterocycles. The summed E-state index contributed by atoms with van der Waals surface area (Å²) in [5.74, 6) is 1.11. The highest BCUT2D eigenvalue weighted by atomic mass is 16.5. The molecule has 2 aromatic carbocycles. The molecule has 1 N–H and O–H groups in total. The minimum Gasteiger partial charge on any atom is -0.493 e. The van der Waals surface area contributed by atoms with E-state index in [4.69, 9.17) is 9.47 Å². The fraction of sp³-hybridized carbons (Fsp3) is 0.304. The van der Waals surface area contributed by atoms with Gasteiger partial charge < -0.3 is 14.8 Å². The second-order valence-electron chi connectivity index (χ2n) is 7.16. The van der Waals surface area contributed by atoms with Gasteiger partial charge in [0.25, 0.3) is 0 Å². The topological polar surface area (TPSA) is 64.6 Å². The number of ether oxygens (including phenoxy) is 2. The molecule has 0 radical (unpaired) electrons. The monoisotopic (exact) mass is 377 g/mol. The first-order valence-electron chi connectivity index (χ1n) is 9.56. The molecule has 0 saturated heterocycles. The van der Waals surface area contributed by atoms with E-state index in [0.717, 1.165) is 35.2 Å². The van der Waals surface area contributed by atoms with Crippen molar-refractivity contribution in [2.75, 3.05) is 7.11 Å². The van der Waals surface area contributed by atoms with Crippen LogP contribution >= 0.6 is 0 Å². The predicted octanol–water partition coefficient (Wildman–Crippen LogP) is 3.88. The number of Topliss-reactive ketones (excluding diaryl/α,β-unsaturated/α-hetero) is 1. The number of carbonyl (C=O) groups is 2. The van der Waals surface area contributed by atoms with Crippen molar-refractivity contribution in [3.05, 3.63) is 70.9 Å². The SMILES string of the molecule is COc1cc([C@H]2CC(=O)NC3=C2C(=O)CCC3)ccc1OCc1ccccc1. The summed E-state index contributed by atoms with van der Waals surface area (Å²) < 4.78 is 11.5. The molecule has 1 aliphatic carbocycles. The average molecular weight is 377 g/mol. The molecule has 0 unspecified atom stereocenters. The lowest BCUT2D eigenvalue weighted by atomic mass is 9.78. The van der Waals surface area contributed by atoms with Gasteiger partial charge in [-0.3, -0.25) is 9.59 Å². The zero-order chi connectivity index (χ0) is 19.5. The van der Waals surface area contributed by atoms with Crippen LogP contribution in [0.2, 0.25) is 0 Å². The molecule has 2 aromatic rings. The first kappa shape index (κ1) is 18.3. The number of ketones is 1. The average Bonchev–Trinajstić information content (AvgIpc) is 2.72. The van der Waals surface area contributed by atoms with Crippen LogP contribution in [0.1, 0.15) is 42.7 Å². The number of allylic oxidation sites excluding steroid dienone is 2. The molecule has 0 bridgehead atoms. The lowest BCUT2D eigenvalue weighted by Gasteiger charge is -2.31. The van der Waals surface area contributed by atoms with Gasteiger partial charge in [-0.15, -0.1) is 0 Å². The van der Waals surface area contributed by atoms with Crippen LogP contribution in [0.3, 0.4) is 0 Å². The Bertz CT molecular complexity index is 933. The third-order valence-corrected chi connectivity index (χ3v) is 5.31. The van der Waals surface area contributed by atoms with E-state index in [2.05, 4.69) is 5.32 Å². The summed E-state index contributed by atoms with van der Waals surface area (Å²) in [6.45, 7) is 0.441. The van der Waals surface area contributed by atoms with Crippen molar-refractivity contribution < 1.29 is 19.1 Å². The number of methoxy groups -OCH3 is 1. The highest BCUT2D eigenvalue weighted by Crippen LogP contribution is 2.40. The smallest absolute Gasteiger partial charge is 0.225 e. The van der Waals surface area contributed by atoms with Crippen LogP contribution in [0.4, 0.5) is 0 Å². The highest BCUT2D eigenvalue weighted by molar-refractivity contribution is 6.01. The summed E-state index contributed by atoms with van der Waals surface area (Å²) in [4.78, 5) is 24.7. The van der Waals surface area contributed by atoms with Gasteiger partial charge in [-0.1, -0.05) is 36.4 Å². The number of hydrogen-bond acceptors (Lipinski definition) is 4. The predicted molar refractivity (Wildman–Crippen MR) is 105 cm³/mol. The van der Waals surface area contributed by atoms with Gasteiger partial charge in [0.1, 0.15) is 6.61 Å². The Balaban J connectivity index is 1.61. The normalized spacial score (nSPS) is 19.1. The van der Waals surface area contributed by atoms with E-state index >= 15 is 0 Å². The molecular formula is C23H23NO4. The Morgan fingerprint density at radius 3 is 2.64 bits per heavy atom. The van der Waals surface area contributed by atoms with Gasteiger partial charge in [-0.2, -0.15) is 0 Å². The minimum absolute atomic E-state index is 0.0400. The minimum atomic E-state index is -0.228. The van der Waals surface area contributed by atoms with E-state index in [0.29, 0.717) is 24.5 Å². The molecule has 5 heteroatoms. The van der Waals surface area contributed by atoms with Crippen LogP contribution in [0.25, 0.3) is 0 Å². The molecule has 1 heterocycles. The van der Waals surface area contributed by atoms with Gasteiger partial charge in [0.05, 0.1) is 7.11 Å². The number of amides is 1. The summed E-state index contributed by atoms with van der Waals surface area (Å²) in [6.07, 6.45) is 2.36. The van der Waals surface area contributed by atoms with Crippen molar-refractivity contribution in [3.63, 3.8) is 0 Å². The van der Waals surface area contributed by atoms with Crippen LogP contribution in [0.5, 0.6) is 11.5 Å². The van der Waals surface area contributed by atoms with Crippen LogP contribution in [0.15, 0.2) is 59.8 Å². The van der Waals surface area contributed by atoms with Gasteiger partial charge in [0.2, 0.25) is 5.91 Å². The van der Waals surface area contributed by atoms with Crippen molar-refractivity contribution in [3.8, 4) is 11.5 Å². The Morgan fingerprint density at radius 1 is 1.04 bits per heavy atom. The first-order chi connectivity index (χ1) is 13.7. The molecule has 2 aliphatic rings. The molecule has 1 aliphatic heterocycles. The summed E-state index contributed by atoms with van der Waals surface area (Å²) in [5.41, 5.74) is 3.52. The third kappa shape index (κ3) is 3.65. The number of hydrogen-bond donors (Lipinski definition) is 1. The molecule has 28 heavy (non-hydrogen) atoms. The van der Waals surface area contributed by atoms with Gasteiger partial charge in [-0.25, -0.2) is 0 Å². The van der Waals surface area contributed by atoms with Gasteiger partial charge in [-0.05, 0) is 36.1 Å². The molecule has 0 spiro atoms. The largest absolute Gasteiger partial charge is 0.493 e. The Kier molecular flexibility index (Phi) is 5.15. The number of nitrogens with one attached hydrogen (secondary N) is 1. The maximum Gasteiger partial charge on any atom is 0.225 e. The van der Waals surface area contributed by atoms with E-state index in [1.165, 1.54) is 0 Å². The van der Waals surface area contributed by atoms with Gasteiger partial charge in [0.15, 0.2) is 17.3 Å². The standard InChI is InChI=1S/C23H23NO4/c1-27-21-12-16(10-11-20(21)28-14-15-6-3-2-4-7-15)17-13-22(26)24-18-8-5-9-19(25)23(17)18/h2-4,6-7,10-12,17H,5,8-9,13-14H2,1H3,(H,24,26)/t17-/m1/s1. The van der Waals surface area contributed by atoms with Gasteiger partial charge in [0, 0.05) is 30.0 Å². The van der Waals surface area contributed by atoms with E-state index in [9.17, 15) is 9.59 Å². The molecule has 1 atom stereocenters. The van der Waals surface area contributed by atoms with Crippen molar-refractivity contribution in [1.29, 1.82) is 0 Å². The summed E-state index contributed by atoms with van der Waals surface area (Å²) in [6, 6.07) is 15.6. The fourth-order valence-electron chi connectivity index (χ4n) is 3.94. The summed E-state index contributed by atoms with van der Waals surface area (Å²) in [5, 5.41) is 2.89. The highest BCUT2D eigenvalue weighted by Gasteiger charge is 2.35. The van der Waals surface area contributed by atoms with Crippen molar-refractivity contribution in [2.24, 2.45) is 0 Å². The van der Waals surface area contributed by atoms with Crippen molar-refractivity contribution in [1.82, 2.24) is 5.32 Å². The van der Waals surface area contributed by atoms with Crippen molar-refractivity contribution >= 4 is 11.7 Å². The van der Waals surface area contributed by atoms with Gasteiger partial charge >= 0.3 is 0 Å². The molecule has 0 fully saturated rings.